The van der Waals surface area contributed by atoms with Gasteiger partial charge in [-0.1, -0.05) is 39.8 Å². The lowest BCUT2D eigenvalue weighted by molar-refractivity contribution is 0.494. The first kappa shape index (κ1) is 16.0. The average molecular weight is 266 g/mol. The minimum absolute atomic E-state index is 0.141. The summed E-state index contributed by atoms with van der Waals surface area (Å²) in [6.07, 6.45) is 0. The Kier molecular flexibility index (Phi) is 5.80. The quantitative estimate of drug-likeness (QED) is 0.842. The van der Waals surface area contributed by atoms with Gasteiger partial charge in [-0.05, 0) is 24.5 Å². The fourth-order valence-electron chi connectivity index (χ4n) is 2.06. The van der Waals surface area contributed by atoms with Crippen molar-refractivity contribution in [3.8, 4) is 0 Å². The smallest absolute Gasteiger partial charge is 0.146 e. The van der Waals surface area contributed by atoms with E-state index in [1.165, 1.54) is 6.07 Å². The zero-order chi connectivity index (χ0) is 14.6. The Morgan fingerprint density at radius 1 is 1.16 bits per heavy atom. The highest BCUT2D eigenvalue weighted by atomic mass is 19.1. The van der Waals surface area contributed by atoms with Crippen molar-refractivity contribution in [1.82, 2.24) is 5.32 Å². The molecule has 19 heavy (non-hydrogen) atoms. The van der Waals surface area contributed by atoms with Gasteiger partial charge in [-0.15, -0.1) is 0 Å². The number of rotatable bonds is 6. The van der Waals surface area contributed by atoms with Crippen LogP contribution in [-0.2, 0) is 6.54 Å². The maximum absolute atomic E-state index is 14.2. The second-order valence-electron chi connectivity index (χ2n) is 5.88. The molecule has 0 heterocycles. The van der Waals surface area contributed by atoms with E-state index in [4.69, 9.17) is 0 Å². The van der Waals surface area contributed by atoms with Crippen molar-refractivity contribution in [3.05, 3.63) is 29.6 Å². The highest BCUT2D eigenvalue weighted by Gasteiger charge is 2.19. The molecule has 0 aliphatic carbocycles. The topological polar surface area (TPSA) is 15.3 Å². The average Bonchev–Trinajstić information content (AvgIpc) is 2.34. The summed E-state index contributed by atoms with van der Waals surface area (Å²) in [6.45, 7) is 11.3. The zero-order valence-corrected chi connectivity index (χ0v) is 13.0. The molecule has 1 aromatic carbocycles. The summed E-state index contributed by atoms with van der Waals surface area (Å²) in [7, 11) is 1.97. The first-order valence-corrected chi connectivity index (χ1v) is 7.08. The minimum Gasteiger partial charge on any atom is -0.369 e. The molecule has 0 aromatic heterocycles. The molecule has 0 spiro atoms. The van der Waals surface area contributed by atoms with Crippen molar-refractivity contribution in [1.29, 1.82) is 0 Å². The second-order valence-corrected chi connectivity index (χ2v) is 5.88. The van der Waals surface area contributed by atoms with Gasteiger partial charge in [-0.25, -0.2) is 4.39 Å². The molecule has 1 unspecified atom stereocenters. The first-order valence-electron chi connectivity index (χ1n) is 7.08. The van der Waals surface area contributed by atoms with Crippen molar-refractivity contribution >= 4 is 5.69 Å². The molecule has 3 heteroatoms. The first-order chi connectivity index (χ1) is 8.84. The summed E-state index contributed by atoms with van der Waals surface area (Å²) >= 11 is 0. The normalized spacial score (nSPS) is 13.1. The third-order valence-corrected chi connectivity index (χ3v) is 3.70. The number of halogens is 1. The van der Waals surface area contributed by atoms with Crippen LogP contribution in [0.4, 0.5) is 10.1 Å². The summed E-state index contributed by atoms with van der Waals surface area (Å²) in [6, 6.07) is 6.01. The molecule has 0 aliphatic heterocycles. The fraction of sp³-hybridized carbons (Fsp3) is 0.625. The van der Waals surface area contributed by atoms with Gasteiger partial charge in [0.1, 0.15) is 5.82 Å². The monoisotopic (exact) mass is 266 g/mol. The van der Waals surface area contributed by atoms with Crippen molar-refractivity contribution in [2.75, 3.05) is 11.9 Å². The van der Waals surface area contributed by atoms with Gasteiger partial charge in [0, 0.05) is 25.7 Å². The zero-order valence-electron chi connectivity index (χ0n) is 13.0. The summed E-state index contributed by atoms with van der Waals surface area (Å²) in [5.41, 5.74) is 1.74. The van der Waals surface area contributed by atoms with Crippen molar-refractivity contribution in [3.63, 3.8) is 0 Å². The molecular formula is C16H27FN2. The molecule has 0 saturated carbocycles. The molecule has 0 amide bonds. The van der Waals surface area contributed by atoms with Gasteiger partial charge in [-0.3, -0.25) is 0 Å². The maximum Gasteiger partial charge on any atom is 0.146 e. The SMILES string of the molecule is CC(C)NCc1cccc(F)c1N(C)C(C)C(C)C. The molecule has 1 aromatic rings. The van der Waals surface area contributed by atoms with Gasteiger partial charge >= 0.3 is 0 Å². The highest BCUT2D eigenvalue weighted by Crippen LogP contribution is 2.27. The molecule has 1 atom stereocenters. The maximum atomic E-state index is 14.2. The largest absolute Gasteiger partial charge is 0.369 e. The summed E-state index contributed by atoms with van der Waals surface area (Å²) in [5.74, 6) is 0.341. The molecule has 0 bridgehead atoms. The van der Waals surface area contributed by atoms with Crippen LogP contribution in [0.5, 0.6) is 0 Å². The second kappa shape index (κ2) is 6.90. The standard InChI is InChI=1S/C16H27FN2/c1-11(2)13(5)19(6)16-14(10-18-12(3)4)8-7-9-15(16)17/h7-9,11-13,18H,10H2,1-6H3. The van der Waals surface area contributed by atoms with Gasteiger partial charge < -0.3 is 10.2 Å². The van der Waals surface area contributed by atoms with Crippen LogP contribution in [0.2, 0.25) is 0 Å². The van der Waals surface area contributed by atoms with Crippen LogP contribution in [0, 0.1) is 11.7 Å². The molecule has 1 N–H and O–H groups in total. The van der Waals surface area contributed by atoms with Crippen LogP contribution < -0.4 is 10.2 Å². The van der Waals surface area contributed by atoms with E-state index in [1.807, 2.05) is 13.1 Å². The number of hydrogen-bond donors (Lipinski definition) is 1. The van der Waals surface area contributed by atoms with Gasteiger partial charge in [0.15, 0.2) is 0 Å². The van der Waals surface area contributed by atoms with E-state index in [0.29, 0.717) is 24.5 Å². The predicted octanol–water partition coefficient (Wildman–Crippen LogP) is 3.80. The Balaban J connectivity index is 3.03. The van der Waals surface area contributed by atoms with E-state index < -0.39 is 0 Å². The Morgan fingerprint density at radius 3 is 2.32 bits per heavy atom. The molecule has 0 aliphatic rings. The van der Waals surface area contributed by atoms with Crippen molar-refractivity contribution in [2.45, 2.75) is 53.2 Å². The number of nitrogens with one attached hydrogen (secondary N) is 1. The van der Waals surface area contributed by atoms with Crippen molar-refractivity contribution < 1.29 is 4.39 Å². The number of anilines is 1. The van der Waals surface area contributed by atoms with E-state index in [1.54, 1.807) is 6.07 Å². The molecule has 108 valence electrons. The van der Waals surface area contributed by atoms with Crippen LogP contribution in [0.25, 0.3) is 0 Å². The van der Waals surface area contributed by atoms with E-state index in [0.717, 1.165) is 11.3 Å². The third-order valence-electron chi connectivity index (χ3n) is 3.70. The number of para-hydroxylation sites is 1. The van der Waals surface area contributed by atoms with Gasteiger partial charge in [-0.2, -0.15) is 0 Å². The van der Waals surface area contributed by atoms with Crippen LogP contribution in [0.15, 0.2) is 18.2 Å². The summed E-state index contributed by atoms with van der Waals surface area (Å²) < 4.78 is 14.2. The van der Waals surface area contributed by atoms with Gasteiger partial charge in [0.2, 0.25) is 0 Å². The minimum atomic E-state index is -0.141. The van der Waals surface area contributed by atoms with Crippen LogP contribution >= 0.6 is 0 Å². The van der Waals surface area contributed by atoms with E-state index >= 15 is 0 Å². The third kappa shape index (κ3) is 4.20. The fourth-order valence-corrected chi connectivity index (χ4v) is 2.06. The number of hydrogen-bond acceptors (Lipinski definition) is 2. The van der Waals surface area contributed by atoms with Gasteiger partial charge in [0.25, 0.3) is 0 Å². The molecule has 2 nitrogen and oxygen atoms in total. The molecule has 0 fully saturated rings. The number of benzene rings is 1. The molecule has 0 saturated heterocycles. The predicted molar refractivity (Wildman–Crippen MR) is 81.1 cm³/mol. The van der Waals surface area contributed by atoms with Crippen LogP contribution in [0.3, 0.4) is 0 Å². The lowest BCUT2D eigenvalue weighted by atomic mass is 10.0. The van der Waals surface area contributed by atoms with E-state index in [9.17, 15) is 4.39 Å². The molecular weight excluding hydrogens is 239 g/mol. The number of nitrogens with zero attached hydrogens (tertiary/aromatic N) is 1. The Hall–Kier alpha value is -1.09. The molecule has 0 radical (unpaired) electrons. The Bertz CT molecular complexity index is 402. The van der Waals surface area contributed by atoms with E-state index in [-0.39, 0.29) is 5.82 Å². The summed E-state index contributed by atoms with van der Waals surface area (Å²) in [4.78, 5) is 2.05. The Morgan fingerprint density at radius 2 is 1.79 bits per heavy atom. The van der Waals surface area contributed by atoms with Gasteiger partial charge in [0.05, 0.1) is 5.69 Å². The summed E-state index contributed by atoms with van der Waals surface area (Å²) in [5, 5.41) is 3.36. The van der Waals surface area contributed by atoms with Crippen LogP contribution in [-0.4, -0.2) is 19.1 Å². The van der Waals surface area contributed by atoms with Crippen molar-refractivity contribution in [2.24, 2.45) is 5.92 Å². The van der Waals surface area contributed by atoms with E-state index in [2.05, 4.69) is 44.8 Å². The lowest BCUT2D eigenvalue weighted by Crippen LogP contribution is -2.35. The Labute approximate surface area is 117 Å². The lowest BCUT2D eigenvalue weighted by Gasteiger charge is -2.32. The van der Waals surface area contributed by atoms with Crippen LogP contribution in [0.1, 0.15) is 40.2 Å². The molecule has 1 rings (SSSR count). The highest BCUT2D eigenvalue weighted by molar-refractivity contribution is 5.55.